The maximum Gasteiger partial charge on any atom is 0.160 e. The standard InChI is InChI=1S/C54H34N2/c1-3-11-38(12-4-1)51-34-52(56-54(55-51)41-13-5-2-6-14-41)39-27-25-37(26-28-39)49-32-43-16-8-7-15-42(43)31-48(49)36-23-21-35(22-24-36)44-29-30-45-46-19-9-17-40-18-10-20-47(53(40)46)50(45)33-44/h1-34H. The molecule has 56 heavy (non-hydrogen) atoms. The molecule has 260 valence electrons. The highest BCUT2D eigenvalue weighted by molar-refractivity contribution is 6.15. The Kier molecular flexibility index (Phi) is 7.53. The van der Waals surface area contributed by atoms with Crippen LogP contribution in [0.5, 0.6) is 0 Å². The van der Waals surface area contributed by atoms with E-state index in [0.717, 1.165) is 33.6 Å². The molecule has 2 heteroatoms. The summed E-state index contributed by atoms with van der Waals surface area (Å²) in [5.41, 5.74) is 17.4. The highest BCUT2D eigenvalue weighted by atomic mass is 14.9. The van der Waals surface area contributed by atoms with Gasteiger partial charge in [0.15, 0.2) is 5.82 Å². The Balaban J connectivity index is 0.965. The molecule has 10 aromatic rings. The van der Waals surface area contributed by atoms with Gasteiger partial charge in [-0.1, -0.05) is 182 Å². The molecule has 1 heterocycles. The van der Waals surface area contributed by atoms with E-state index >= 15 is 0 Å². The minimum absolute atomic E-state index is 0.716. The van der Waals surface area contributed by atoms with Gasteiger partial charge < -0.3 is 0 Å². The Labute approximate surface area is 326 Å². The molecule has 1 aliphatic carbocycles. The fraction of sp³-hybridized carbons (Fsp3) is 0. The van der Waals surface area contributed by atoms with Crippen LogP contribution >= 0.6 is 0 Å². The predicted molar refractivity (Wildman–Crippen MR) is 234 cm³/mol. The zero-order valence-electron chi connectivity index (χ0n) is 30.5. The van der Waals surface area contributed by atoms with E-state index in [2.05, 4.69) is 182 Å². The predicted octanol–water partition coefficient (Wildman–Crippen LogP) is 14.4. The molecule has 0 N–H and O–H groups in total. The van der Waals surface area contributed by atoms with E-state index in [9.17, 15) is 0 Å². The first kappa shape index (κ1) is 32.0. The first-order chi connectivity index (χ1) is 27.7. The zero-order chi connectivity index (χ0) is 37.0. The maximum atomic E-state index is 5.07. The van der Waals surface area contributed by atoms with E-state index in [1.165, 1.54) is 71.6 Å². The van der Waals surface area contributed by atoms with Gasteiger partial charge in [-0.05, 0) is 101 Å². The van der Waals surface area contributed by atoms with Crippen LogP contribution in [0.25, 0.3) is 111 Å². The lowest BCUT2D eigenvalue weighted by Gasteiger charge is -2.15. The molecule has 0 atom stereocenters. The van der Waals surface area contributed by atoms with Crippen molar-refractivity contribution < 1.29 is 0 Å². The molecule has 0 fully saturated rings. The highest BCUT2D eigenvalue weighted by Crippen LogP contribution is 2.48. The van der Waals surface area contributed by atoms with Gasteiger partial charge in [-0.15, -0.1) is 0 Å². The van der Waals surface area contributed by atoms with Gasteiger partial charge >= 0.3 is 0 Å². The van der Waals surface area contributed by atoms with Crippen molar-refractivity contribution in [2.24, 2.45) is 0 Å². The van der Waals surface area contributed by atoms with Crippen molar-refractivity contribution in [3.63, 3.8) is 0 Å². The van der Waals surface area contributed by atoms with Crippen LogP contribution in [0.15, 0.2) is 206 Å². The molecular weight excluding hydrogens is 677 g/mol. The van der Waals surface area contributed by atoms with Crippen molar-refractivity contribution in [2.45, 2.75) is 0 Å². The summed E-state index contributed by atoms with van der Waals surface area (Å²) in [4.78, 5) is 10.1. The van der Waals surface area contributed by atoms with Crippen molar-refractivity contribution in [2.75, 3.05) is 0 Å². The molecule has 0 spiro atoms. The van der Waals surface area contributed by atoms with Gasteiger partial charge in [-0.3, -0.25) is 0 Å². The molecule has 1 aromatic heterocycles. The summed E-state index contributed by atoms with van der Waals surface area (Å²) in [6.45, 7) is 0. The first-order valence-electron chi connectivity index (χ1n) is 19.1. The molecule has 0 saturated heterocycles. The van der Waals surface area contributed by atoms with Crippen molar-refractivity contribution in [1.82, 2.24) is 9.97 Å². The van der Waals surface area contributed by atoms with Gasteiger partial charge in [0.25, 0.3) is 0 Å². The van der Waals surface area contributed by atoms with Crippen LogP contribution < -0.4 is 0 Å². The van der Waals surface area contributed by atoms with Gasteiger partial charge in [-0.2, -0.15) is 0 Å². The van der Waals surface area contributed by atoms with Crippen molar-refractivity contribution >= 4 is 21.5 Å². The van der Waals surface area contributed by atoms with E-state index in [1.54, 1.807) is 0 Å². The molecular formula is C54H34N2. The molecule has 0 bridgehead atoms. The second kappa shape index (κ2) is 13.2. The SMILES string of the molecule is c1ccc(-c2cc(-c3ccc(-c4cc5ccccc5cc4-c4ccc(-c5ccc6c(c5)-c5cccc7cccc-6c57)cc4)cc3)nc(-c3ccccc3)n2)cc1. The summed E-state index contributed by atoms with van der Waals surface area (Å²) in [5, 5.41) is 5.10. The van der Waals surface area contributed by atoms with Crippen molar-refractivity contribution in [3.05, 3.63) is 206 Å². The molecule has 9 aromatic carbocycles. The third kappa shape index (κ3) is 5.51. The Hall–Kier alpha value is -7.42. The van der Waals surface area contributed by atoms with Gasteiger partial charge in [-0.25, -0.2) is 9.97 Å². The normalized spacial score (nSPS) is 11.6. The monoisotopic (exact) mass is 710 g/mol. The zero-order valence-corrected chi connectivity index (χ0v) is 30.5. The number of fused-ring (bicyclic) bond motifs is 4. The summed E-state index contributed by atoms with van der Waals surface area (Å²) in [5.74, 6) is 0.716. The van der Waals surface area contributed by atoms with E-state index in [-0.39, 0.29) is 0 Å². The van der Waals surface area contributed by atoms with E-state index in [4.69, 9.17) is 9.97 Å². The highest BCUT2D eigenvalue weighted by Gasteiger charge is 2.21. The van der Waals surface area contributed by atoms with Gasteiger partial charge in [0, 0.05) is 16.7 Å². The fourth-order valence-corrected chi connectivity index (χ4v) is 8.42. The quantitative estimate of drug-likeness (QED) is 0.172. The second-order valence-corrected chi connectivity index (χ2v) is 14.6. The Bertz CT molecular complexity index is 3030. The van der Waals surface area contributed by atoms with Gasteiger partial charge in [0.05, 0.1) is 11.4 Å². The molecule has 0 aliphatic heterocycles. The second-order valence-electron chi connectivity index (χ2n) is 14.6. The van der Waals surface area contributed by atoms with E-state index in [1.807, 2.05) is 24.3 Å². The molecule has 0 amide bonds. The summed E-state index contributed by atoms with van der Waals surface area (Å²) >= 11 is 0. The first-order valence-corrected chi connectivity index (χ1v) is 19.1. The third-order valence-corrected chi connectivity index (χ3v) is 11.2. The number of hydrogen-bond donors (Lipinski definition) is 0. The maximum absolute atomic E-state index is 5.07. The number of benzene rings is 9. The van der Waals surface area contributed by atoms with Crippen LogP contribution in [-0.4, -0.2) is 9.97 Å². The van der Waals surface area contributed by atoms with Crippen molar-refractivity contribution in [1.29, 1.82) is 0 Å². The summed E-state index contributed by atoms with van der Waals surface area (Å²) < 4.78 is 0. The van der Waals surface area contributed by atoms with E-state index in [0.29, 0.717) is 5.82 Å². The van der Waals surface area contributed by atoms with Crippen LogP contribution in [0.1, 0.15) is 0 Å². The number of aromatic nitrogens is 2. The lowest BCUT2D eigenvalue weighted by atomic mass is 9.90. The molecule has 1 aliphatic rings. The molecule has 0 radical (unpaired) electrons. The lowest BCUT2D eigenvalue weighted by Crippen LogP contribution is -1.96. The van der Waals surface area contributed by atoms with Crippen LogP contribution in [-0.2, 0) is 0 Å². The van der Waals surface area contributed by atoms with Crippen LogP contribution in [0, 0.1) is 0 Å². The molecule has 0 saturated carbocycles. The van der Waals surface area contributed by atoms with Gasteiger partial charge in [0.2, 0.25) is 0 Å². The minimum atomic E-state index is 0.716. The lowest BCUT2D eigenvalue weighted by molar-refractivity contribution is 1.18. The molecule has 2 nitrogen and oxygen atoms in total. The van der Waals surface area contributed by atoms with E-state index < -0.39 is 0 Å². The fourth-order valence-electron chi connectivity index (χ4n) is 8.42. The largest absolute Gasteiger partial charge is 0.228 e. The summed E-state index contributed by atoms with van der Waals surface area (Å²) in [7, 11) is 0. The van der Waals surface area contributed by atoms with Crippen molar-refractivity contribution in [3.8, 4) is 89.5 Å². The minimum Gasteiger partial charge on any atom is -0.228 e. The number of nitrogens with zero attached hydrogens (tertiary/aromatic N) is 2. The smallest absolute Gasteiger partial charge is 0.160 e. The summed E-state index contributed by atoms with van der Waals surface area (Å²) in [6, 6.07) is 74.1. The molecule has 0 unspecified atom stereocenters. The van der Waals surface area contributed by atoms with Crippen LogP contribution in [0.3, 0.4) is 0 Å². The number of hydrogen-bond acceptors (Lipinski definition) is 2. The Morgan fingerprint density at radius 2 is 0.696 bits per heavy atom. The molecule has 11 rings (SSSR count). The topological polar surface area (TPSA) is 25.8 Å². The average Bonchev–Trinajstić information content (AvgIpc) is 3.60. The van der Waals surface area contributed by atoms with Crippen LogP contribution in [0.4, 0.5) is 0 Å². The Morgan fingerprint density at radius 1 is 0.232 bits per heavy atom. The van der Waals surface area contributed by atoms with Gasteiger partial charge in [0.1, 0.15) is 0 Å². The van der Waals surface area contributed by atoms with Crippen LogP contribution in [0.2, 0.25) is 0 Å². The number of rotatable bonds is 6. The third-order valence-electron chi connectivity index (χ3n) is 11.2. The average molecular weight is 711 g/mol. The Morgan fingerprint density at radius 3 is 1.30 bits per heavy atom. The summed E-state index contributed by atoms with van der Waals surface area (Å²) in [6.07, 6.45) is 0.